The van der Waals surface area contributed by atoms with Gasteiger partial charge in [-0.3, -0.25) is 4.79 Å². The molecule has 2 heterocycles. The van der Waals surface area contributed by atoms with Gasteiger partial charge in [0.1, 0.15) is 0 Å². The van der Waals surface area contributed by atoms with Gasteiger partial charge in [0.05, 0.1) is 5.56 Å². The first-order valence-corrected chi connectivity index (χ1v) is 10.4. The fraction of sp³-hybridized carbons (Fsp3) is 0.304. The summed E-state index contributed by atoms with van der Waals surface area (Å²) in [6.45, 7) is 1.98. The minimum Gasteiger partial charge on any atom is -0.475 e. The number of aromatic amines is 1. The number of carboxylic acid groups (broad SMARTS) is 1. The highest BCUT2D eigenvalue weighted by molar-refractivity contribution is 5.96. The van der Waals surface area contributed by atoms with Gasteiger partial charge in [0, 0.05) is 48.8 Å². The minimum absolute atomic E-state index is 0.00935. The van der Waals surface area contributed by atoms with Crippen LogP contribution in [0, 0.1) is 0 Å². The Morgan fingerprint density at radius 2 is 1.74 bits per heavy atom. The van der Waals surface area contributed by atoms with Gasteiger partial charge in [-0.15, -0.1) is 0 Å². The number of carboxylic acids is 1. The van der Waals surface area contributed by atoms with Crippen LogP contribution in [0.4, 0.5) is 26.3 Å². The molecule has 35 heavy (non-hydrogen) atoms. The average molecular weight is 501 g/mol. The molecule has 0 bridgehead atoms. The van der Waals surface area contributed by atoms with Crippen LogP contribution in [0.5, 0.6) is 0 Å². The smallest absolute Gasteiger partial charge is 0.475 e. The molecule has 0 radical (unpaired) electrons. The van der Waals surface area contributed by atoms with Crippen molar-refractivity contribution in [2.75, 3.05) is 19.6 Å². The van der Waals surface area contributed by atoms with Crippen LogP contribution in [0.3, 0.4) is 0 Å². The Balaban J connectivity index is 0.000000429. The molecule has 0 saturated heterocycles. The molecule has 12 heteroatoms. The van der Waals surface area contributed by atoms with E-state index in [4.69, 9.17) is 9.90 Å². The predicted octanol–water partition coefficient (Wildman–Crippen LogP) is 4.61. The molecular weight excluding hydrogens is 480 g/mol. The third-order valence-corrected chi connectivity index (χ3v) is 5.40. The summed E-state index contributed by atoms with van der Waals surface area (Å²) >= 11 is 0. The highest BCUT2D eigenvalue weighted by Crippen LogP contribution is 2.36. The number of nitrogens with one attached hydrogen (secondary N) is 2. The average Bonchev–Trinajstić information content (AvgIpc) is 3.20. The number of benzene rings is 2. The van der Waals surface area contributed by atoms with Gasteiger partial charge in [0.15, 0.2) is 0 Å². The summed E-state index contributed by atoms with van der Waals surface area (Å²) in [7, 11) is 0. The van der Waals surface area contributed by atoms with Gasteiger partial charge in [0.25, 0.3) is 5.91 Å². The van der Waals surface area contributed by atoms with E-state index in [9.17, 15) is 31.1 Å². The first-order chi connectivity index (χ1) is 16.4. The SMILES string of the molecule is O=C(O)C(F)(F)F.O=C1c2ccccc2CCN1CCNCc1c[nH]c2cccc(C(F)(F)F)c12. The molecule has 0 aliphatic carbocycles. The molecule has 1 aromatic heterocycles. The van der Waals surface area contributed by atoms with E-state index in [2.05, 4.69) is 10.3 Å². The van der Waals surface area contributed by atoms with Crippen molar-refractivity contribution in [2.45, 2.75) is 25.3 Å². The fourth-order valence-corrected chi connectivity index (χ4v) is 3.76. The Labute approximate surface area is 195 Å². The molecule has 3 N–H and O–H groups in total. The van der Waals surface area contributed by atoms with E-state index in [-0.39, 0.29) is 11.3 Å². The highest BCUT2D eigenvalue weighted by atomic mass is 19.4. The third-order valence-electron chi connectivity index (χ3n) is 5.40. The van der Waals surface area contributed by atoms with E-state index in [1.165, 1.54) is 6.07 Å². The molecule has 0 fully saturated rings. The molecule has 1 aliphatic heterocycles. The summed E-state index contributed by atoms with van der Waals surface area (Å²) in [5.41, 5.74) is 2.20. The second-order valence-corrected chi connectivity index (χ2v) is 7.72. The number of alkyl halides is 6. The Kier molecular flexibility index (Phi) is 7.73. The van der Waals surface area contributed by atoms with Crippen molar-refractivity contribution in [3.63, 3.8) is 0 Å². The van der Waals surface area contributed by atoms with Gasteiger partial charge in [0.2, 0.25) is 0 Å². The molecule has 4 rings (SSSR count). The van der Waals surface area contributed by atoms with E-state index in [0.29, 0.717) is 37.3 Å². The lowest BCUT2D eigenvalue weighted by Crippen LogP contribution is -2.41. The quantitative estimate of drug-likeness (QED) is 0.352. The molecule has 0 saturated carbocycles. The Morgan fingerprint density at radius 1 is 1.06 bits per heavy atom. The van der Waals surface area contributed by atoms with Crippen LogP contribution in [-0.2, 0) is 23.9 Å². The highest BCUT2D eigenvalue weighted by Gasteiger charge is 2.38. The van der Waals surface area contributed by atoms with Crippen LogP contribution in [-0.4, -0.2) is 52.7 Å². The number of carbonyl (C=O) groups is 2. The van der Waals surface area contributed by atoms with Crippen LogP contribution in [0.2, 0.25) is 0 Å². The molecule has 1 amide bonds. The number of carbonyl (C=O) groups excluding carboxylic acids is 1. The van der Waals surface area contributed by atoms with Crippen molar-refractivity contribution in [3.8, 4) is 0 Å². The second-order valence-electron chi connectivity index (χ2n) is 7.72. The zero-order valence-corrected chi connectivity index (χ0v) is 18.1. The number of amides is 1. The zero-order valence-electron chi connectivity index (χ0n) is 18.1. The lowest BCUT2D eigenvalue weighted by Gasteiger charge is -2.28. The van der Waals surface area contributed by atoms with Crippen LogP contribution in [0.25, 0.3) is 10.9 Å². The van der Waals surface area contributed by atoms with Gasteiger partial charge < -0.3 is 20.3 Å². The Morgan fingerprint density at radius 3 is 2.40 bits per heavy atom. The summed E-state index contributed by atoms with van der Waals surface area (Å²) in [6, 6.07) is 11.7. The number of halogens is 6. The van der Waals surface area contributed by atoms with Crippen molar-refractivity contribution in [1.29, 1.82) is 0 Å². The van der Waals surface area contributed by atoms with E-state index >= 15 is 0 Å². The number of rotatable bonds is 5. The number of aliphatic carboxylic acids is 1. The van der Waals surface area contributed by atoms with Gasteiger partial charge in [-0.05, 0) is 35.7 Å². The number of hydrogen-bond donors (Lipinski definition) is 3. The van der Waals surface area contributed by atoms with Crippen molar-refractivity contribution in [1.82, 2.24) is 15.2 Å². The first-order valence-electron chi connectivity index (χ1n) is 10.4. The third kappa shape index (κ3) is 6.32. The second kappa shape index (κ2) is 10.4. The maximum Gasteiger partial charge on any atom is 0.490 e. The molecule has 0 unspecified atom stereocenters. The summed E-state index contributed by atoms with van der Waals surface area (Å²) < 4.78 is 71.6. The maximum atomic E-state index is 13.3. The standard InChI is InChI=1S/C21H20F3N3O.C2HF3O2/c22-21(23,24)17-6-3-7-18-19(17)15(13-26-18)12-25-9-11-27-10-8-14-4-1-2-5-16(14)20(27)28;3-2(4,5)1(6)7/h1-7,13,25-26H,8-12H2;(H,6,7). The van der Waals surface area contributed by atoms with Crippen molar-refractivity contribution < 1.29 is 41.0 Å². The Hall–Kier alpha value is -3.54. The molecule has 0 atom stereocenters. The molecule has 0 spiro atoms. The minimum atomic E-state index is -5.08. The maximum absolute atomic E-state index is 13.3. The largest absolute Gasteiger partial charge is 0.490 e. The Bertz CT molecular complexity index is 1200. The van der Waals surface area contributed by atoms with Crippen molar-refractivity contribution in [3.05, 3.63) is 70.9 Å². The van der Waals surface area contributed by atoms with Crippen molar-refractivity contribution in [2.24, 2.45) is 0 Å². The predicted molar refractivity (Wildman–Crippen MR) is 115 cm³/mol. The van der Waals surface area contributed by atoms with Gasteiger partial charge in [-0.2, -0.15) is 26.3 Å². The summed E-state index contributed by atoms with van der Waals surface area (Å²) in [4.78, 5) is 26.1. The van der Waals surface area contributed by atoms with Crippen LogP contribution >= 0.6 is 0 Å². The number of H-pyrrole nitrogens is 1. The molecule has 6 nitrogen and oxygen atoms in total. The lowest BCUT2D eigenvalue weighted by molar-refractivity contribution is -0.192. The molecule has 1 aliphatic rings. The van der Waals surface area contributed by atoms with Crippen molar-refractivity contribution >= 4 is 22.8 Å². The van der Waals surface area contributed by atoms with Crippen LogP contribution < -0.4 is 5.32 Å². The van der Waals surface area contributed by atoms with E-state index in [1.807, 2.05) is 24.3 Å². The lowest BCUT2D eigenvalue weighted by atomic mass is 9.99. The van der Waals surface area contributed by atoms with E-state index in [1.54, 1.807) is 17.2 Å². The molecule has 3 aromatic rings. The summed E-state index contributed by atoms with van der Waals surface area (Å²) in [6.07, 6.45) is -7.06. The summed E-state index contributed by atoms with van der Waals surface area (Å²) in [5, 5.41) is 10.5. The fourth-order valence-electron chi connectivity index (χ4n) is 3.76. The van der Waals surface area contributed by atoms with Crippen LogP contribution in [0.1, 0.15) is 27.0 Å². The molecule has 2 aromatic carbocycles. The van der Waals surface area contributed by atoms with Gasteiger partial charge in [-0.1, -0.05) is 24.3 Å². The summed E-state index contributed by atoms with van der Waals surface area (Å²) in [5.74, 6) is -2.75. The van der Waals surface area contributed by atoms with E-state index in [0.717, 1.165) is 23.6 Å². The zero-order chi connectivity index (χ0) is 25.8. The molecule has 188 valence electrons. The number of fused-ring (bicyclic) bond motifs is 2. The topological polar surface area (TPSA) is 85.4 Å². The number of nitrogens with zero attached hydrogens (tertiary/aromatic N) is 1. The van der Waals surface area contributed by atoms with Crippen LogP contribution in [0.15, 0.2) is 48.7 Å². The first kappa shape index (κ1) is 26.1. The van der Waals surface area contributed by atoms with E-state index < -0.39 is 23.9 Å². The monoisotopic (exact) mass is 501 g/mol. The van der Waals surface area contributed by atoms with Gasteiger partial charge >= 0.3 is 18.3 Å². The van der Waals surface area contributed by atoms with Gasteiger partial charge in [-0.25, -0.2) is 4.79 Å². The normalized spacial score (nSPS) is 13.9. The number of hydrogen-bond acceptors (Lipinski definition) is 3. The number of aromatic nitrogens is 1. The molecular formula is C23H21F6N3O3.